The first-order valence-electron chi connectivity index (χ1n) is 5.88. The molecule has 2 aromatic rings. The Bertz CT molecular complexity index is 579. The minimum atomic E-state index is -0.596. The minimum Gasteiger partial charge on any atom is -0.506 e. The summed E-state index contributed by atoms with van der Waals surface area (Å²) in [5, 5.41) is 19.6. The standard InChI is InChI=1S/C14H14O5/c15-13-11-5-2-1-4-10(11)6-7-12(13)14(16)18-8-3-9-19-17/h1-2,4-7,15,17H,3,8-9H2. The van der Waals surface area contributed by atoms with Crippen LogP contribution in [0.15, 0.2) is 36.4 Å². The van der Waals surface area contributed by atoms with E-state index >= 15 is 0 Å². The SMILES string of the molecule is O=C(OCCCOO)c1ccc2ccccc2c1O. The van der Waals surface area contributed by atoms with Crippen LogP contribution in [0.4, 0.5) is 0 Å². The maximum absolute atomic E-state index is 11.8. The van der Waals surface area contributed by atoms with E-state index in [1.165, 1.54) is 6.07 Å². The van der Waals surface area contributed by atoms with Gasteiger partial charge in [0, 0.05) is 11.8 Å². The third kappa shape index (κ3) is 3.01. The van der Waals surface area contributed by atoms with Crippen LogP contribution in [0.2, 0.25) is 0 Å². The highest BCUT2D eigenvalue weighted by molar-refractivity contribution is 6.01. The van der Waals surface area contributed by atoms with E-state index < -0.39 is 5.97 Å². The van der Waals surface area contributed by atoms with Gasteiger partial charge in [0.05, 0.1) is 13.2 Å². The summed E-state index contributed by atoms with van der Waals surface area (Å²) in [6, 6.07) is 10.5. The second-order valence-electron chi connectivity index (χ2n) is 4.01. The normalized spacial score (nSPS) is 10.6. The lowest BCUT2D eigenvalue weighted by Crippen LogP contribution is -2.08. The molecular weight excluding hydrogens is 248 g/mol. The number of rotatable bonds is 5. The van der Waals surface area contributed by atoms with E-state index in [1.807, 2.05) is 12.1 Å². The number of carbonyl (C=O) groups excluding carboxylic acids is 1. The molecule has 0 bridgehead atoms. The zero-order valence-corrected chi connectivity index (χ0v) is 10.2. The largest absolute Gasteiger partial charge is 0.506 e. The summed E-state index contributed by atoms with van der Waals surface area (Å²) in [5.74, 6) is -0.678. The van der Waals surface area contributed by atoms with Crippen LogP contribution in [0.25, 0.3) is 10.8 Å². The van der Waals surface area contributed by atoms with Crippen LogP contribution in [0, 0.1) is 0 Å². The molecule has 0 saturated carbocycles. The average Bonchev–Trinajstić information content (AvgIpc) is 2.44. The predicted molar refractivity (Wildman–Crippen MR) is 69.1 cm³/mol. The molecule has 2 aromatic carbocycles. The van der Waals surface area contributed by atoms with Crippen molar-refractivity contribution in [1.82, 2.24) is 0 Å². The molecule has 0 saturated heterocycles. The Morgan fingerprint density at radius 1 is 1.11 bits per heavy atom. The number of ether oxygens (including phenoxy) is 1. The van der Waals surface area contributed by atoms with E-state index in [-0.39, 0.29) is 24.5 Å². The van der Waals surface area contributed by atoms with Crippen molar-refractivity contribution in [2.45, 2.75) is 6.42 Å². The topological polar surface area (TPSA) is 76.0 Å². The van der Waals surface area contributed by atoms with Crippen molar-refractivity contribution in [2.24, 2.45) is 0 Å². The Morgan fingerprint density at radius 2 is 1.89 bits per heavy atom. The fraction of sp³-hybridized carbons (Fsp3) is 0.214. The van der Waals surface area contributed by atoms with E-state index in [0.29, 0.717) is 11.8 Å². The fourth-order valence-electron chi connectivity index (χ4n) is 1.79. The number of aromatic hydroxyl groups is 1. The highest BCUT2D eigenvalue weighted by atomic mass is 17.1. The van der Waals surface area contributed by atoms with Crippen molar-refractivity contribution in [1.29, 1.82) is 0 Å². The Hall–Kier alpha value is -2.11. The van der Waals surface area contributed by atoms with Gasteiger partial charge in [-0.15, -0.1) is 0 Å². The summed E-state index contributed by atoms with van der Waals surface area (Å²) in [6.45, 7) is 0.211. The number of hydrogen-bond donors (Lipinski definition) is 2. The fourth-order valence-corrected chi connectivity index (χ4v) is 1.79. The van der Waals surface area contributed by atoms with Crippen LogP contribution < -0.4 is 0 Å². The molecule has 5 heteroatoms. The van der Waals surface area contributed by atoms with Gasteiger partial charge in [-0.3, -0.25) is 5.26 Å². The van der Waals surface area contributed by atoms with Crippen LogP contribution in [-0.2, 0) is 9.62 Å². The molecule has 0 amide bonds. The van der Waals surface area contributed by atoms with Crippen molar-refractivity contribution in [3.05, 3.63) is 42.0 Å². The van der Waals surface area contributed by atoms with Gasteiger partial charge in [-0.05, 0) is 11.5 Å². The summed E-state index contributed by atoms with van der Waals surface area (Å²) >= 11 is 0. The first kappa shape index (κ1) is 13.3. The lowest BCUT2D eigenvalue weighted by Gasteiger charge is -2.08. The quantitative estimate of drug-likeness (QED) is 0.375. The Morgan fingerprint density at radius 3 is 2.68 bits per heavy atom. The number of phenols is 1. The van der Waals surface area contributed by atoms with E-state index in [2.05, 4.69) is 4.89 Å². The average molecular weight is 262 g/mol. The molecular formula is C14H14O5. The van der Waals surface area contributed by atoms with Gasteiger partial charge in [0.1, 0.15) is 11.3 Å². The number of esters is 1. The molecule has 2 rings (SSSR count). The second-order valence-corrected chi connectivity index (χ2v) is 4.01. The van der Waals surface area contributed by atoms with Crippen molar-refractivity contribution < 1.29 is 24.8 Å². The third-order valence-electron chi connectivity index (χ3n) is 2.73. The van der Waals surface area contributed by atoms with Gasteiger partial charge in [-0.1, -0.05) is 30.3 Å². The molecule has 5 nitrogen and oxygen atoms in total. The van der Waals surface area contributed by atoms with Crippen molar-refractivity contribution in [3.63, 3.8) is 0 Å². The Kier molecular flexibility index (Phi) is 4.33. The van der Waals surface area contributed by atoms with Gasteiger partial charge in [-0.25, -0.2) is 9.68 Å². The first-order valence-corrected chi connectivity index (χ1v) is 5.88. The van der Waals surface area contributed by atoms with Crippen molar-refractivity contribution in [3.8, 4) is 5.75 Å². The van der Waals surface area contributed by atoms with Gasteiger partial charge in [0.15, 0.2) is 0 Å². The smallest absolute Gasteiger partial charge is 0.341 e. The lowest BCUT2D eigenvalue weighted by molar-refractivity contribution is -0.243. The molecule has 0 aliphatic rings. The maximum Gasteiger partial charge on any atom is 0.341 e. The number of carbonyl (C=O) groups is 1. The molecule has 2 N–H and O–H groups in total. The van der Waals surface area contributed by atoms with Gasteiger partial charge < -0.3 is 9.84 Å². The van der Waals surface area contributed by atoms with E-state index in [9.17, 15) is 9.90 Å². The molecule has 0 spiro atoms. The zero-order valence-electron chi connectivity index (χ0n) is 10.2. The molecule has 0 atom stereocenters. The zero-order chi connectivity index (χ0) is 13.7. The monoisotopic (exact) mass is 262 g/mol. The number of hydrogen-bond acceptors (Lipinski definition) is 5. The van der Waals surface area contributed by atoms with Crippen LogP contribution >= 0.6 is 0 Å². The molecule has 0 heterocycles. The second kappa shape index (κ2) is 6.17. The molecule has 0 aliphatic heterocycles. The van der Waals surface area contributed by atoms with Crippen molar-refractivity contribution >= 4 is 16.7 Å². The van der Waals surface area contributed by atoms with Crippen LogP contribution in [-0.4, -0.2) is 29.5 Å². The summed E-state index contributed by atoms with van der Waals surface area (Å²) in [6.07, 6.45) is 0.385. The number of phenolic OH excluding ortho intramolecular Hbond substituents is 1. The predicted octanol–water partition coefficient (Wildman–Crippen LogP) is 2.58. The summed E-state index contributed by atoms with van der Waals surface area (Å²) in [4.78, 5) is 15.7. The van der Waals surface area contributed by atoms with Crippen LogP contribution in [0.3, 0.4) is 0 Å². The van der Waals surface area contributed by atoms with Crippen LogP contribution in [0.5, 0.6) is 5.75 Å². The molecule has 0 aliphatic carbocycles. The summed E-state index contributed by atoms with van der Waals surface area (Å²) in [7, 11) is 0. The molecule has 0 aromatic heterocycles. The minimum absolute atomic E-state index is 0.0819. The van der Waals surface area contributed by atoms with Crippen molar-refractivity contribution in [2.75, 3.05) is 13.2 Å². The van der Waals surface area contributed by atoms with E-state index in [0.717, 1.165) is 5.39 Å². The molecule has 100 valence electrons. The van der Waals surface area contributed by atoms with Gasteiger partial charge >= 0.3 is 5.97 Å². The maximum atomic E-state index is 11.8. The summed E-state index contributed by atoms with van der Waals surface area (Å²) < 4.78 is 4.97. The molecule has 0 fully saturated rings. The Labute approximate surface area is 109 Å². The summed E-state index contributed by atoms with van der Waals surface area (Å²) in [5.41, 5.74) is 0.128. The van der Waals surface area contributed by atoms with Gasteiger partial charge in [-0.2, -0.15) is 0 Å². The molecule has 19 heavy (non-hydrogen) atoms. The first-order chi connectivity index (χ1) is 9.24. The van der Waals surface area contributed by atoms with Gasteiger partial charge in [0.25, 0.3) is 0 Å². The molecule has 0 radical (unpaired) electrons. The molecule has 0 unspecified atom stereocenters. The Balaban J connectivity index is 2.16. The highest BCUT2D eigenvalue weighted by Gasteiger charge is 2.14. The lowest BCUT2D eigenvalue weighted by atomic mass is 10.1. The number of fused-ring (bicyclic) bond motifs is 1. The number of benzene rings is 2. The van der Waals surface area contributed by atoms with E-state index in [4.69, 9.17) is 9.99 Å². The van der Waals surface area contributed by atoms with Crippen LogP contribution in [0.1, 0.15) is 16.8 Å². The third-order valence-corrected chi connectivity index (χ3v) is 2.73. The highest BCUT2D eigenvalue weighted by Crippen LogP contribution is 2.28. The van der Waals surface area contributed by atoms with E-state index in [1.54, 1.807) is 18.2 Å². The van der Waals surface area contributed by atoms with Gasteiger partial charge in [0.2, 0.25) is 0 Å².